The molecule has 1 N–H and O–H groups in total. The van der Waals surface area contributed by atoms with Gasteiger partial charge in [0.2, 0.25) is 0 Å². The number of para-hydroxylation sites is 1. The van der Waals surface area contributed by atoms with Gasteiger partial charge in [0.25, 0.3) is 8.32 Å². The van der Waals surface area contributed by atoms with Crippen LogP contribution in [0.3, 0.4) is 0 Å². The molecule has 1 fully saturated rings. The van der Waals surface area contributed by atoms with Crippen LogP contribution in [0.25, 0.3) is 0 Å². The van der Waals surface area contributed by atoms with Gasteiger partial charge in [0.05, 0.1) is 18.6 Å². The molecule has 236 valence electrons. The molecule has 6 nitrogen and oxygen atoms in total. The zero-order valence-corrected chi connectivity index (χ0v) is 27.1. The maximum atomic E-state index is 13.5. The van der Waals surface area contributed by atoms with Gasteiger partial charge in [0.15, 0.2) is 0 Å². The van der Waals surface area contributed by atoms with Crippen LogP contribution in [-0.4, -0.2) is 57.2 Å². The van der Waals surface area contributed by atoms with Gasteiger partial charge < -0.3 is 19.4 Å². The minimum absolute atomic E-state index is 0.0102. The summed E-state index contributed by atoms with van der Waals surface area (Å²) >= 11 is 0. The van der Waals surface area contributed by atoms with Crippen molar-refractivity contribution in [2.75, 3.05) is 18.0 Å². The minimum Gasteiger partial charge on any atom is -0.460 e. The topological polar surface area (TPSA) is 67.9 Å². The molecule has 0 spiro atoms. The van der Waals surface area contributed by atoms with Crippen molar-refractivity contribution in [1.29, 1.82) is 0 Å². The molecule has 0 unspecified atom stereocenters. The second-order valence-corrected chi connectivity index (χ2v) is 17.4. The highest BCUT2D eigenvalue weighted by atomic mass is 28.4. The summed E-state index contributed by atoms with van der Waals surface area (Å²) in [5.74, 6) is -2.42. The number of halogens is 3. The van der Waals surface area contributed by atoms with Crippen molar-refractivity contribution in [3.63, 3.8) is 0 Å². The molecule has 0 aliphatic carbocycles. The molecule has 0 saturated carbocycles. The van der Waals surface area contributed by atoms with Gasteiger partial charge in [-0.25, -0.2) is 0 Å². The van der Waals surface area contributed by atoms with Crippen LogP contribution in [0.4, 0.5) is 18.9 Å². The highest BCUT2D eigenvalue weighted by Crippen LogP contribution is 2.39. The first kappa shape index (κ1) is 33.3. The quantitative estimate of drug-likeness (QED) is 0.269. The van der Waals surface area contributed by atoms with E-state index in [1.807, 2.05) is 77.7 Å². The van der Waals surface area contributed by atoms with Crippen LogP contribution in [0.2, 0.25) is 5.04 Å². The number of carbonyl (C=O) groups is 2. The van der Waals surface area contributed by atoms with Crippen LogP contribution in [0, 0.1) is 0 Å². The molecule has 1 heterocycles. The summed E-state index contributed by atoms with van der Waals surface area (Å²) in [6.07, 6.45) is -5.85. The standard InChI is InChI=1S/C34H41F3N2O4Si/c1-32(2,3)42-30(40)21-24-15-13-14-20-28(24)39-22-27(38-31(41)34(35,36)37)29(23-39)43-44(33(4,5)6,25-16-9-7-10-17-25)26-18-11-8-12-19-26/h7-20,27,29H,21-23H2,1-6H3,(H,38,41)/t27-,29-/m0/s1. The van der Waals surface area contributed by atoms with Gasteiger partial charge in [-0.2, -0.15) is 13.2 Å². The van der Waals surface area contributed by atoms with Crippen molar-refractivity contribution in [1.82, 2.24) is 5.32 Å². The summed E-state index contributed by atoms with van der Waals surface area (Å²) in [6.45, 7) is 11.9. The summed E-state index contributed by atoms with van der Waals surface area (Å²) < 4.78 is 53.4. The molecular weight excluding hydrogens is 585 g/mol. The van der Waals surface area contributed by atoms with E-state index in [0.717, 1.165) is 10.4 Å². The van der Waals surface area contributed by atoms with Crippen molar-refractivity contribution in [3.05, 3.63) is 90.5 Å². The Morgan fingerprint density at radius 2 is 1.34 bits per heavy atom. The fourth-order valence-corrected chi connectivity index (χ4v) is 10.6. The maximum absolute atomic E-state index is 13.5. The normalized spacial score (nSPS) is 17.8. The lowest BCUT2D eigenvalue weighted by Gasteiger charge is -2.45. The molecule has 4 rings (SSSR count). The SMILES string of the molecule is CC(C)(C)OC(=O)Cc1ccccc1N1C[C@H](NC(=O)C(F)(F)F)[C@@H](O[Si](c2ccccc2)(c2ccccc2)C(C)(C)C)C1. The molecular formula is C34H41F3N2O4Si. The molecule has 1 amide bonds. The molecule has 10 heteroatoms. The Morgan fingerprint density at radius 3 is 1.84 bits per heavy atom. The number of amides is 1. The fourth-order valence-electron chi connectivity index (χ4n) is 5.90. The first-order valence-electron chi connectivity index (χ1n) is 14.7. The second kappa shape index (κ2) is 12.8. The van der Waals surface area contributed by atoms with Crippen molar-refractivity contribution in [2.45, 2.75) is 76.9 Å². The monoisotopic (exact) mass is 626 g/mol. The van der Waals surface area contributed by atoms with E-state index in [-0.39, 0.29) is 19.5 Å². The second-order valence-electron chi connectivity index (χ2n) is 13.2. The van der Waals surface area contributed by atoms with Crippen molar-refractivity contribution >= 4 is 36.3 Å². The summed E-state index contributed by atoms with van der Waals surface area (Å²) in [4.78, 5) is 26.9. The molecule has 0 aromatic heterocycles. The number of anilines is 1. The Kier molecular flexibility index (Phi) is 9.65. The fraction of sp³-hybridized carbons (Fsp3) is 0.412. The third kappa shape index (κ3) is 7.53. The zero-order valence-electron chi connectivity index (χ0n) is 26.1. The van der Waals surface area contributed by atoms with Crippen molar-refractivity contribution in [2.24, 2.45) is 0 Å². The third-order valence-corrected chi connectivity index (χ3v) is 12.7. The first-order valence-corrected chi connectivity index (χ1v) is 16.6. The highest BCUT2D eigenvalue weighted by Gasteiger charge is 2.54. The Hall–Kier alpha value is -3.63. The number of rotatable bonds is 8. The van der Waals surface area contributed by atoms with E-state index in [4.69, 9.17) is 9.16 Å². The lowest BCUT2D eigenvalue weighted by molar-refractivity contribution is -0.174. The number of hydrogen-bond acceptors (Lipinski definition) is 5. The van der Waals surface area contributed by atoms with Gasteiger partial charge in [-0.05, 0) is 47.8 Å². The zero-order chi connectivity index (χ0) is 32.3. The Balaban J connectivity index is 1.78. The van der Waals surface area contributed by atoms with Crippen LogP contribution < -0.4 is 20.6 Å². The summed E-state index contributed by atoms with van der Waals surface area (Å²) in [5, 5.41) is 3.75. The van der Waals surface area contributed by atoms with E-state index in [1.54, 1.807) is 32.9 Å². The molecule has 0 bridgehead atoms. The Labute approximate surface area is 258 Å². The van der Waals surface area contributed by atoms with Gasteiger partial charge in [-0.3, -0.25) is 9.59 Å². The Bertz CT molecular complexity index is 1400. The van der Waals surface area contributed by atoms with E-state index in [9.17, 15) is 22.8 Å². The van der Waals surface area contributed by atoms with Gasteiger partial charge in [-0.1, -0.05) is 99.6 Å². The van der Waals surface area contributed by atoms with Gasteiger partial charge in [0, 0.05) is 18.8 Å². The van der Waals surface area contributed by atoms with Crippen LogP contribution in [-0.2, 0) is 25.2 Å². The molecule has 3 aromatic carbocycles. The summed E-state index contributed by atoms with van der Waals surface area (Å²) in [6, 6.07) is 25.9. The molecule has 1 aliphatic rings. The van der Waals surface area contributed by atoms with Crippen LogP contribution in [0.5, 0.6) is 0 Å². The van der Waals surface area contributed by atoms with E-state index < -0.39 is 49.2 Å². The lowest BCUT2D eigenvalue weighted by Crippen LogP contribution is -2.69. The predicted molar refractivity (Wildman–Crippen MR) is 169 cm³/mol. The predicted octanol–water partition coefficient (Wildman–Crippen LogP) is 5.38. The van der Waals surface area contributed by atoms with Crippen LogP contribution in [0.1, 0.15) is 47.1 Å². The highest BCUT2D eigenvalue weighted by molar-refractivity contribution is 6.99. The summed E-state index contributed by atoms with van der Waals surface area (Å²) in [5.41, 5.74) is 0.688. The van der Waals surface area contributed by atoms with Gasteiger partial charge in [0.1, 0.15) is 5.60 Å². The van der Waals surface area contributed by atoms with Crippen LogP contribution >= 0.6 is 0 Å². The number of benzene rings is 3. The Morgan fingerprint density at radius 1 is 0.818 bits per heavy atom. The number of esters is 1. The minimum atomic E-state index is -5.05. The first-order chi connectivity index (χ1) is 20.5. The number of nitrogens with one attached hydrogen (secondary N) is 1. The van der Waals surface area contributed by atoms with E-state index in [0.29, 0.717) is 11.3 Å². The molecule has 1 saturated heterocycles. The van der Waals surface area contributed by atoms with Crippen molar-refractivity contribution in [3.8, 4) is 0 Å². The molecule has 1 aliphatic heterocycles. The number of alkyl halides is 3. The molecule has 3 aromatic rings. The largest absolute Gasteiger partial charge is 0.471 e. The average molecular weight is 627 g/mol. The number of carbonyl (C=O) groups excluding carboxylic acids is 2. The lowest BCUT2D eigenvalue weighted by atomic mass is 10.1. The van der Waals surface area contributed by atoms with E-state index in [1.165, 1.54) is 0 Å². The molecule has 44 heavy (non-hydrogen) atoms. The number of ether oxygens (including phenoxy) is 1. The number of nitrogens with zero attached hydrogens (tertiary/aromatic N) is 1. The van der Waals surface area contributed by atoms with E-state index in [2.05, 4.69) is 26.1 Å². The van der Waals surface area contributed by atoms with Gasteiger partial charge in [-0.15, -0.1) is 0 Å². The smallest absolute Gasteiger partial charge is 0.460 e. The molecule has 2 atom stereocenters. The van der Waals surface area contributed by atoms with Crippen LogP contribution in [0.15, 0.2) is 84.9 Å². The molecule has 0 radical (unpaired) electrons. The number of hydrogen-bond donors (Lipinski definition) is 1. The average Bonchev–Trinajstić information content (AvgIpc) is 3.32. The third-order valence-electron chi connectivity index (χ3n) is 7.67. The van der Waals surface area contributed by atoms with Crippen molar-refractivity contribution < 1.29 is 31.9 Å². The maximum Gasteiger partial charge on any atom is 0.471 e. The van der Waals surface area contributed by atoms with E-state index >= 15 is 0 Å². The van der Waals surface area contributed by atoms with Gasteiger partial charge >= 0.3 is 18.1 Å². The summed E-state index contributed by atoms with van der Waals surface area (Å²) in [7, 11) is -3.18.